The summed E-state index contributed by atoms with van der Waals surface area (Å²) in [4.78, 5) is 15.6. The smallest absolute Gasteiger partial charge is 0.360 e. The summed E-state index contributed by atoms with van der Waals surface area (Å²) in [6, 6.07) is 3.51. The standard InChI is InChI=1S/C12H15N3O3/c1-3-17-12(16)10-11(13)15(7-14-10)8(2)9-5-4-6-18-9/h4-8H,3,13H2,1-2H3. The molecule has 0 amide bonds. The number of nitrogen functional groups attached to an aromatic ring is 1. The third-order valence-corrected chi connectivity index (χ3v) is 2.67. The van der Waals surface area contributed by atoms with Crippen LogP contribution in [0.1, 0.15) is 36.1 Å². The van der Waals surface area contributed by atoms with E-state index in [1.807, 2.05) is 13.0 Å². The van der Waals surface area contributed by atoms with Crippen molar-refractivity contribution in [3.05, 3.63) is 36.2 Å². The summed E-state index contributed by atoms with van der Waals surface area (Å²) in [6.45, 7) is 3.93. The molecule has 2 heterocycles. The Kier molecular flexibility index (Phi) is 3.36. The van der Waals surface area contributed by atoms with E-state index in [0.717, 1.165) is 5.76 Å². The maximum Gasteiger partial charge on any atom is 0.360 e. The van der Waals surface area contributed by atoms with E-state index in [1.54, 1.807) is 23.8 Å². The first-order valence-electron chi connectivity index (χ1n) is 5.68. The number of furan rings is 1. The first-order chi connectivity index (χ1) is 8.65. The minimum atomic E-state index is -0.514. The molecule has 0 bridgehead atoms. The number of anilines is 1. The van der Waals surface area contributed by atoms with Crippen LogP contribution in [0, 0.1) is 0 Å². The van der Waals surface area contributed by atoms with Crippen LogP contribution in [0.15, 0.2) is 29.1 Å². The highest BCUT2D eigenvalue weighted by Gasteiger charge is 2.21. The average molecular weight is 249 g/mol. The summed E-state index contributed by atoms with van der Waals surface area (Å²) in [5, 5.41) is 0. The first-order valence-corrected chi connectivity index (χ1v) is 5.68. The molecule has 0 aliphatic carbocycles. The molecule has 2 rings (SSSR count). The second kappa shape index (κ2) is 4.95. The molecule has 6 heteroatoms. The van der Waals surface area contributed by atoms with Gasteiger partial charge in [-0.25, -0.2) is 9.78 Å². The number of ether oxygens (including phenoxy) is 1. The predicted molar refractivity (Wildman–Crippen MR) is 65.1 cm³/mol. The van der Waals surface area contributed by atoms with Crippen molar-refractivity contribution in [3.8, 4) is 0 Å². The molecule has 0 saturated carbocycles. The van der Waals surface area contributed by atoms with Crippen molar-refractivity contribution >= 4 is 11.8 Å². The monoisotopic (exact) mass is 249 g/mol. The van der Waals surface area contributed by atoms with E-state index in [1.165, 1.54) is 6.33 Å². The topological polar surface area (TPSA) is 83.3 Å². The Balaban J connectivity index is 2.28. The molecule has 2 aromatic heterocycles. The van der Waals surface area contributed by atoms with Crippen LogP contribution in [0.3, 0.4) is 0 Å². The minimum absolute atomic E-state index is 0.129. The Morgan fingerprint density at radius 2 is 2.44 bits per heavy atom. The lowest BCUT2D eigenvalue weighted by atomic mass is 10.2. The quantitative estimate of drug-likeness (QED) is 0.836. The fraction of sp³-hybridized carbons (Fsp3) is 0.333. The van der Waals surface area contributed by atoms with Gasteiger partial charge in [0.25, 0.3) is 0 Å². The van der Waals surface area contributed by atoms with Gasteiger partial charge in [0.15, 0.2) is 5.69 Å². The molecule has 1 atom stereocenters. The molecule has 0 aliphatic heterocycles. The van der Waals surface area contributed by atoms with Crippen molar-refractivity contribution in [3.63, 3.8) is 0 Å². The molecule has 2 aromatic rings. The fourth-order valence-electron chi connectivity index (χ4n) is 1.70. The molecule has 2 N–H and O–H groups in total. The maximum atomic E-state index is 11.6. The van der Waals surface area contributed by atoms with E-state index < -0.39 is 5.97 Å². The molecule has 96 valence electrons. The second-order valence-corrected chi connectivity index (χ2v) is 3.80. The van der Waals surface area contributed by atoms with Gasteiger partial charge in [-0.05, 0) is 26.0 Å². The summed E-state index contributed by atoms with van der Waals surface area (Å²) in [5.41, 5.74) is 6.03. The Morgan fingerprint density at radius 3 is 3.06 bits per heavy atom. The van der Waals surface area contributed by atoms with Crippen LogP contribution in [0.2, 0.25) is 0 Å². The van der Waals surface area contributed by atoms with Crippen molar-refractivity contribution in [1.82, 2.24) is 9.55 Å². The van der Waals surface area contributed by atoms with Crippen molar-refractivity contribution in [1.29, 1.82) is 0 Å². The maximum absolute atomic E-state index is 11.6. The number of esters is 1. The zero-order valence-corrected chi connectivity index (χ0v) is 10.3. The van der Waals surface area contributed by atoms with E-state index in [-0.39, 0.29) is 17.6 Å². The number of imidazole rings is 1. The van der Waals surface area contributed by atoms with Crippen LogP contribution in [-0.4, -0.2) is 22.1 Å². The van der Waals surface area contributed by atoms with Crippen molar-refractivity contribution in [2.24, 2.45) is 0 Å². The van der Waals surface area contributed by atoms with Gasteiger partial charge in [-0.1, -0.05) is 0 Å². The van der Waals surface area contributed by atoms with Crippen LogP contribution >= 0.6 is 0 Å². The SMILES string of the molecule is CCOC(=O)c1ncn(C(C)c2ccco2)c1N. The Bertz CT molecular complexity index is 531. The van der Waals surface area contributed by atoms with Crippen molar-refractivity contribution in [2.45, 2.75) is 19.9 Å². The van der Waals surface area contributed by atoms with Gasteiger partial charge in [-0.15, -0.1) is 0 Å². The van der Waals surface area contributed by atoms with Crippen LogP contribution in [0.5, 0.6) is 0 Å². The number of rotatable bonds is 4. The molecule has 0 saturated heterocycles. The molecule has 0 radical (unpaired) electrons. The number of nitrogens with zero attached hydrogens (tertiary/aromatic N) is 2. The molecular formula is C12H15N3O3. The highest BCUT2D eigenvalue weighted by molar-refractivity contribution is 5.92. The van der Waals surface area contributed by atoms with E-state index in [0.29, 0.717) is 6.61 Å². The van der Waals surface area contributed by atoms with Gasteiger partial charge in [0.2, 0.25) is 0 Å². The number of nitrogens with two attached hydrogens (primary N) is 1. The molecule has 0 aromatic carbocycles. The average Bonchev–Trinajstić information content (AvgIpc) is 2.97. The minimum Gasteiger partial charge on any atom is -0.467 e. The van der Waals surface area contributed by atoms with Crippen LogP contribution in [0.4, 0.5) is 5.82 Å². The molecule has 0 aliphatic rings. The van der Waals surface area contributed by atoms with Crippen LogP contribution in [-0.2, 0) is 4.74 Å². The van der Waals surface area contributed by atoms with Gasteiger partial charge in [-0.2, -0.15) is 0 Å². The fourth-order valence-corrected chi connectivity index (χ4v) is 1.70. The van der Waals surface area contributed by atoms with Gasteiger partial charge in [0, 0.05) is 0 Å². The lowest BCUT2D eigenvalue weighted by Gasteiger charge is -2.12. The lowest BCUT2D eigenvalue weighted by Crippen LogP contribution is -2.12. The summed E-state index contributed by atoms with van der Waals surface area (Å²) in [7, 11) is 0. The van der Waals surface area contributed by atoms with E-state index in [9.17, 15) is 4.79 Å². The summed E-state index contributed by atoms with van der Waals surface area (Å²) >= 11 is 0. The normalized spacial score (nSPS) is 12.3. The van der Waals surface area contributed by atoms with E-state index >= 15 is 0 Å². The molecule has 18 heavy (non-hydrogen) atoms. The van der Waals surface area contributed by atoms with E-state index in [4.69, 9.17) is 14.9 Å². The van der Waals surface area contributed by atoms with Gasteiger partial charge in [0.1, 0.15) is 11.6 Å². The Hall–Kier alpha value is -2.24. The summed E-state index contributed by atoms with van der Waals surface area (Å²) in [6.07, 6.45) is 3.10. The third-order valence-electron chi connectivity index (χ3n) is 2.67. The molecular weight excluding hydrogens is 234 g/mol. The van der Waals surface area contributed by atoms with Gasteiger partial charge in [-0.3, -0.25) is 0 Å². The van der Waals surface area contributed by atoms with Gasteiger partial charge < -0.3 is 19.5 Å². The predicted octanol–water partition coefficient (Wildman–Crippen LogP) is 1.84. The van der Waals surface area contributed by atoms with Crippen molar-refractivity contribution < 1.29 is 13.9 Å². The summed E-state index contributed by atoms with van der Waals surface area (Å²) in [5.74, 6) is 0.507. The zero-order chi connectivity index (χ0) is 13.1. The van der Waals surface area contributed by atoms with Crippen LogP contribution in [0.25, 0.3) is 0 Å². The summed E-state index contributed by atoms with van der Waals surface area (Å²) < 4.78 is 11.8. The third kappa shape index (κ3) is 2.09. The largest absolute Gasteiger partial charge is 0.467 e. The highest BCUT2D eigenvalue weighted by atomic mass is 16.5. The zero-order valence-electron chi connectivity index (χ0n) is 10.3. The number of aromatic nitrogens is 2. The highest BCUT2D eigenvalue weighted by Crippen LogP contribution is 2.23. The number of carbonyl (C=O) groups excluding carboxylic acids is 1. The number of hydrogen-bond acceptors (Lipinski definition) is 5. The van der Waals surface area contributed by atoms with Crippen LogP contribution < -0.4 is 5.73 Å². The number of hydrogen-bond donors (Lipinski definition) is 1. The van der Waals surface area contributed by atoms with Gasteiger partial charge >= 0.3 is 5.97 Å². The molecule has 0 fully saturated rings. The lowest BCUT2D eigenvalue weighted by molar-refractivity contribution is 0.0521. The Morgan fingerprint density at radius 1 is 1.67 bits per heavy atom. The number of carbonyl (C=O) groups is 1. The van der Waals surface area contributed by atoms with Crippen molar-refractivity contribution in [2.75, 3.05) is 12.3 Å². The first kappa shape index (κ1) is 12.2. The Labute approximate surface area is 104 Å². The van der Waals surface area contributed by atoms with E-state index in [2.05, 4.69) is 4.98 Å². The van der Waals surface area contributed by atoms with Gasteiger partial charge in [0.05, 0.1) is 25.2 Å². The second-order valence-electron chi connectivity index (χ2n) is 3.80. The molecule has 0 spiro atoms. The molecule has 1 unspecified atom stereocenters. The molecule has 6 nitrogen and oxygen atoms in total.